The van der Waals surface area contributed by atoms with E-state index in [1.54, 1.807) is 0 Å². The highest BCUT2D eigenvalue weighted by molar-refractivity contribution is 5.65. The lowest BCUT2D eigenvalue weighted by Crippen LogP contribution is -2.15. The van der Waals surface area contributed by atoms with Gasteiger partial charge in [0.2, 0.25) is 0 Å². The predicted octanol–water partition coefficient (Wildman–Crippen LogP) is 3.16. The van der Waals surface area contributed by atoms with E-state index in [0.717, 1.165) is 5.92 Å². The van der Waals surface area contributed by atoms with Crippen LogP contribution in [0.2, 0.25) is 0 Å². The minimum Gasteiger partial charge on any atom is -0.466 e. The quantitative estimate of drug-likeness (QED) is 0.649. The van der Waals surface area contributed by atoms with Gasteiger partial charge in [-0.15, -0.1) is 0 Å². The molecular formula is C12H22O2. The molecule has 0 bridgehead atoms. The summed E-state index contributed by atoms with van der Waals surface area (Å²) in [5.74, 6) is 1.26. The molecule has 0 aromatic rings. The second-order valence-corrected chi connectivity index (χ2v) is 4.65. The van der Waals surface area contributed by atoms with Crippen LogP contribution in [0.5, 0.6) is 0 Å². The van der Waals surface area contributed by atoms with E-state index in [2.05, 4.69) is 6.92 Å². The standard InChI is InChI=1S/C12H22O2/c1-10(9-14-11(2)13)8-12-6-4-3-5-7-12/h10,12H,3-9H2,1-2H3. The van der Waals surface area contributed by atoms with Crippen LogP contribution in [0.3, 0.4) is 0 Å². The molecule has 1 unspecified atom stereocenters. The second-order valence-electron chi connectivity index (χ2n) is 4.65. The molecule has 0 aromatic heterocycles. The fraction of sp³-hybridized carbons (Fsp3) is 0.917. The Kier molecular flexibility index (Phi) is 4.99. The highest BCUT2D eigenvalue weighted by atomic mass is 16.5. The number of carbonyl (C=O) groups excluding carboxylic acids is 1. The van der Waals surface area contributed by atoms with E-state index in [1.165, 1.54) is 45.4 Å². The van der Waals surface area contributed by atoms with E-state index in [9.17, 15) is 4.79 Å². The first-order chi connectivity index (χ1) is 6.68. The lowest BCUT2D eigenvalue weighted by molar-refractivity contribution is -0.142. The summed E-state index contributed by atoms with van der Waals surface area (Å²) in [6.07, 6.45) is 8.19. The zero-order valence-corrected chi connectivity index (χ0v) is 9.42. The van der Waals surface area contributed by atoms with Crippen molar-refractivity contribution in [1.82, 2.24) is 0 Å². The van der Waals surface area contributed by atoms with Crippen molar-refractivity contribution in [3.8, 4) is 0 Å². The first kappa shape index (κ1) is 11.5. The summed E-state index contributed by atoms with van der Waals surface area (Å²) in [6.45, 7) is 4.26. The molecule has 14 heavy (non-hydrogen) atoms. The number of carbonyl (C=O) groups is 1. The highest BCUT2D eigenvalue weighted by Crippen LogP contribution is 2.28. The van der Waals surface area contributed by atoms with Gasteiger partial charge in [-0.25, -0.2) is 0 Å². The molecule has 0 saturated heterocycles. The molecule has 0 N–H and O–H groups in total. The molecule has 0 spiro atoms. The van der Waals surface area contributed by atoms with Gasteiger partial charge in [0.05, 0.1) is 6.61 Å². The lowest BCUT2D eigenvalue weighted by atomic mass is 9.83. The molecule has 1 aliphatic rings. The zero-order valence-electron chi connectivity index (χ0n) is 9.42. The predicted molar refractivity (Wildman–Crippen MR) is 57.0 cm³/mol. The van der Waals surface area contributed by atoms with Crippen molar-refractivity contribution >= 4 is 5.97 Å². The molecule has 0 aliphatic heterocycles. The number of rotatable bonds is 4. The SMILES string of the molecule is CC(=O)OCC(C)CC1CCCCC1. The molecule has 0 amide bonds. The molecule has 1 fully saturated rings. The van der Waals surface area contributed by atoms with Crippen LogP contribution >= 0.6 is 0 Å². The zero-order chi connectivity index (χ0) is 10.4. The van der Waals surface area contributed by atoms with Crippen LogP contribution in [0.1, 0.15) is 52.4 Å². The van der Waals surface area contributed by atoms with E-state index in [1.807, 2.05) is 0 Å². The van der Waals surface area contributed by atoms with Crippen LogP contribution in [0.15, 0.2) is 0 Å². The summed E-state index contributed by atoms with van der Waals surface area (Å²) in [4.78, 5) is 10.6. The van der Waals surface area contributed by atoms with Crippen molar-refractivity contribution in [2.75, 3.05) is 6.61 Å². The summed E-state index contributed by atoms with van der Waals surface area (Å²) in [5, 5.41) is 0. The second kappa shape index (κ2) is 6.05. The van der Waals surface area contributed by atoms with E-state index in [4.69, 9.17) is 4.74 Å². The number of hydrogen-bond donors (Lipinski definition) is 0. The molecule has 1 saturated carbocycles. The largest absolute Gasteiger partial charge is 0.466 e. The maximum absolute atomic E-state index is 10.6. The van der Waals surface area contributed by atoms with Crippen LogP contribution in [-0.2, 0) is 9.53 Å². The van der Waals surface area contributed by atoms with Crippen LogP contribution in [-0.4, -0.2) is 12.6 Å². The van der Waals surface area contributed by atoms with Crippen LogP contribution in [0.4, 0.5) is 0 Å². The lowest BCUT2D eigenvalue weighted by Gasteiger charge is -2.24. The normalized spacial score (nSPS) is 20.4. The fourth-order valence-corrected chi connectivity index (χ4v) is 2.32. The fourth-order valence-electron chi connectivity index (χ4n) is 2.32. The van der Waals surface area contributed by atoms with Crippen molar-refractivity contribution < 1.29 is 9.53 Å². The number of hydrogen-bond acceptors (Lipinski definition) is 2. The van der Waals surface area contributed by atoms with Crippen molar-refractivity contribution in [1.29, 1.82) is 0 Å². The summed E-state index contributed by atoms with van der Waals surface area (Å²) in [7, 11) is 0. The van der Waals surface area contributed by atoms with Crippen molar-refractivity contribution in [2.45, 2.75) is 52.4 Å². The minimum atomic E-state index is -0.152. The Bertz CT molecular complexity index is 171. The monoisotopic (exact) mass is 198 g/mol. The maximum Gasteiger partial charge on any atom is 0.302 e. The Morgan fingerprint density at radius 1 is 1.36 bits per heavy atom. The summed E-state index contributed by atoms with van der Waals surface area (Å²) in [5.41, 5.74) is 0. The Balaban J connectivity index is 2.11. The van der Waals surface area contributed by atoms with Crippen LogP contribution in [0, 0.1) is 11.8 Å². The molecule has 1 atom stereocenters. The smallest absolute Gasteiger partial charge is 0.302 e. The summed E-state index contributed by atoms with van der Waals surface area (Å²) in [6, 6.07) is 0. The van der Waals surface area contributed by atoms with Crippen LogP contribution < -0.4 is 0 Å². The van der Waals surface area contributed by atoms with Crippen molar-refractivity contribution in [3.63, 3.8) is 0 Å². The van der Waals surface area contributed by atoms with Crippen LogP contribution in [0.25, 0.3) is 0 Å². The Morgan fingerprint density at radius 2 is 2.00 bits per heavy atom. The molecule has 1 rings (SSSR count). The Hall–Kier alpha value is -0.530. The summed E-state index contributed by atoms with van der Waals surface area (Å²) >= 11 is 0. The first-order valence-corrected chi connectivity index (χ1v) is 5.82. The number of esters is 1. The van der Waals surface area contributed by atoms with E-state index >= 15 is 0 Å². The van der Waals surface area contributed by atoms with Gasteiger partial charge in [-0.2, -0.15) is 0 Å². The molecule has 2 nitrogen and oxygen atoms in total. The van der Waals surface area contributed by atoms with E-state index < -0.39 is 0 Å². The van der Waals surface area contributed by atoms with E-state index in [0.29, 0.717) is 12.5 Å². The molecule has 1 aliphatic carbocycles. The van der Waals surface area contributed by atoms with Gasteiger partial charge >= 0.3 is 5.97 Å². The average Bonchev–Trinajstić information content (AvgIpc) is 2.16. The first-order valence-electron chi connectivity index (χ1n) is 5.82. The maximum atomic E-state index is 10.6. The average molecular weight is 198 g/mol. The van der Waals surface area contributed by atoms with Gasteiger partial charge in [0.15, 0.2) is 0 Å². The third-order valence-electron chi connectivity index (χ3n) is 3.03. The van der Waals surface area contributed by atoms with Gasteiger partial charge in [0.25, 0.3) is 0 Å². The van der Waals surface area contributed by atoms with Gasteiger partial charge in [0, 0.05) is 6.92 Å². The highest BCUT2D eigenvalue weighted by Gasteiger charge is 2.16. The minimum absolute atomic E-state index is 0.152. The number of ether oxygens (including phenoxy) is 1. The Labute approximate surface area is 87.0 Å². The Morgan fingerprint density at radius 3 is 2.57 bits per heavy atom. The molecule has 0 radical (unpaired) electrons. The van der Waals surface area contributed by atoms with Gasteiger partial charge in [-0.1, -0.05) is 39.0 Å². The van der Waals surface area contributed by atoms with E-state index in [-0.39, 0.29) is 5.97 Å². The summed E-state index contributed by atoms with van der Waals surface area (Å²) < 4.78 is 5.01. The topological polar surface area (TPSA) is 26.3 Å². The van der Waals surface area contributed by atoms with Gasteiger partial charge in [0.1, 0.15) is 0 Å². The van der Waals surface area contributed by atoms with Crippen molar-refractivity contribution in [3.05, 3.63) is 0 Å². The molecule has 2 heteroatoms. The van der Waals surface area contributed by atoms with Gasteiger partial charge in [-0.05, 0) is 18.3 Å². The molecular weight excluding hydrogens is 176 g/mol. The van der Waals surface area contributed by atoms with Gasteiger partial charge in [-0.3, -0.25) is 4.79 Å². The molecule has 0 aromatic carbocycles. The molecule has 0 heterocycles. The third-order valence-corrected chi connectivity index (χ3v) is 3.03. The van der Waals surface area contributed by atoms with Gasteiger partial charge < -0.3 is 4.74 Å². The molecule has 82 valence electrons. The third kappa shape index (κ3) is 4.64. The van der Waals surface area contributed by atoms with Crippen molar-refractivity contribution in [2.24, 2.45) is 11.8 Å².